The third-order valence-corrected chi connectivity index (χ3v) is 4.48. The molecule has 2 rings (SSSR count). The van der Waals surface area contributed by atoms with E-state index in [1.54, 1.807) is 0 Å². The van der Waals surface area contributed by atoms with Gasteiger partial charge in [-0.05, 0) is 31.4 Å². The second-order valence-corrected chi connectivity index (χ2v) is 5.72. The van der Waals surface area contributed by atoms with Gasteiger partial charge in [-0.3, -0.25) is 4.90 Å². The Kier molecular flexibility index (Phi) is 4.97. The van der Waals surface area contributed by atoms with Crippen LogP contribution in [0.5, 0.6) is 0 Å². The van der Waals surface area contributed by atoms with Crippen LogP contribution in [-0.4, -0.2) is 35.2 Å². The van der Waals surface area contributed by atoms with Crippen molar-refractivity contribution in [2.24, 2.45) is 11.7 Å². The Morgan fingerprint density at radius 3 is 2.74 bits per heavy atom. The number of nitrogens with zero attached hydrogens (tertiary/aromatic N) is 1. The number of aliphatic hydroxyl groups is 1. The molecule has 0 bridgehead atoms. The molecule has 3 heteroatoms. The van der Waals surface area contributed by atoms with E-state index in [0.29, 0.717) is 12.5 Å². The molecule has 1 saturated heterocycles. The van der Waals surface area contributed by atoms with Crippen LogP contribution in [0.25, 0.3) is 0 Å². The second kappa shape index (κ2) is 6.51. The smallest absolute Gasteiger partial charge is 0.0806 e. The normalized spacial score (nSPS) is 24.1. The summed E-state index contributed by atoms with van der Waals surface area (Å²) in [6, 6.07) is 10.5. The van der Waals surface area contributed by atoms with Crippen LogP contribution in [0.1, 0.15) is 31.7 Å². The minimum absolute atomic E-state index is 0.306. The summed E-state index contributed by atoms with van der Waals surface area (Å²) in [5, 5.41) is 10.6. The minimum atomic E-state index is -0.685. The fourth-order valence-corrected chi connectivity index (χ4v) is 3.08. The van der Waals surface area contributed by atoms with Gasteiger partial charge in [0.15, 0.2) is 0 Å². The van der Waals surface area contributed by atoms with Gasteiger partial charge in [-0.25, -0.2) is 0 Å². The van der Waals surface area contributed by atoms with Crippen LogP contribution >= 0.6 is 0 Å². The van der Waals surface area contributed by atoms with Crippen LogP contribution < -0.4 is 5.73 Å². The number of benzene rings is 1. The summed E-state index contributed by atoms with van der Waals surface area (Å²) < 4.78 is 0. The van der Waals surface area contributed by atoms with Crippen molar-refractivity contribution in [3.05, 3.63) is 35.9 Å². The third kappa shape index (κ3) is 3.56. The lowest BCUT2D eigenvalue weighted by Gasteiger charge is -2.41. The minimum Gasteiger partial charge on any atom is -0.388 e. The van der Waals surface area contributed by atoms with Crippen LogP contribution in [0, 0.1) is 5.92 Å². The first-order valence-corrected chi connectivity index (χ1v) is 7.36. The van der Waals surface area contributed by atoms with E-state index in [-0.39, 0.29) is 0 Å². The number of rotatable bonds is 5. The number of nitrogens with two attached hydrogens (primary N) is 1. The highest BCUT2D eigenvalue weighted by atomic mass is 16.3. The Balaban J connectivity index is 1.97. The molecular formula is C16H26N2O. The van der Waals surface area contributed by atoms with Crippen molar-refractivity contribution in [3.63, 3.8) is 0 Å². The average Bonchev–Trinajstić information content (AvgIpc) is 2.48. The van der Waals surface area contributed by atoms with Crippen molar-refractivity contribution >= 4 is 0 Å². The topological polar surface area (TPSA) is 49.5 Å². The summed E-state index contributed by atoms with van der Waals surface area (Å²) in [6.07, 6.45) is 2.99. The molecule has 0 radical (unpaired) electrons. The van der Waals surface area contributed by atoms with Crippen molar-refractivity contribution in [2.45, 2.75) is 38.3 Å². The standard InChI is InChI=1S/C16H26N2O/c1-2-16(19,13-17)15-9-6-10-18(12-15)11-14-7-4-3-5-8-14/h3-5,7-8,15,19H,2,6,9-13,17H2,1H3. The van der Waals surface area contributed by atoms with Crippen LogP contribution in [0.3, 0.4) is 0 Å². The molecule has 1 aromatic carbocycles. The van der Waals surface area contributed by atoms with E-state index in [1.165, 1.54) is 5.56 Å². The maximum atomic E-state index is 10.6. The van der Waals surface area contributed by atoms with Gasteiger partial charge in [0, 0.05) is 25.6 Å². The number of hydrogen-bond donors (Lipinski definition) is 2. The van der Waals surface area contributed by atoms with Gasteiger partial charge in [-0.1, -0.05) is 37.3 Å². The third-order valence-electron chi connectivity index (χ3n) is 4.48. The van der Waals surface area contributed by atoms with Crippen molar-refractivity contribution in [1.82, 2.24) is 4.90 Å². The van der Waals surface area contributed by atoms with Crippen molar-refractivity contribution in [3.8, 4) is 0 Å². The molecule has 1 aromatic rings. The van der Waals surface area contributed by atoms with Crippen molar-refractivity contribution in [2.75, 3.05) is 19.6 Å². The SMILES string of the molecule is CCC(O)(CN)C1CCCN(Cc2ccccc2)C1. The first-order valence-electron chi connectivity index (χ1n) is 7.36. The molecule has 1 aliphatic heterocycles. The van der Waals surface area contributed by atoms with Gasteiger partial charge in [0.1, 0.15) is 0 Å². The molecule has 2 unspecified atom stereocenters. The summed E-state index contributed by atoms with van der Waals surface area (Å²) >= 11 is 0. The summed E-state index contributed by atoms with van der Waals surface area (Å²) in [5.41, 5.74) is 6.44. The zero-order valence-corrected chi connectivity index (χ0v) is 11.9. The average molecular weight is 262 g/mol. The van der Waals surface area contributed by atoms with E-state index in [4.69, 9.17) is 5.73 Å². The second-order valence-electron chi connectivity index (χ2n) is 5.72. The highest BCUT2D eigenvalue weighted by molar-refractivity contribution is 5.14. The predicted octanol–water partition coefficient (Wildman–Crippen LogP) is 2.00. The molecule has 106 valence electrons. The molecular weight excluding hydrogens is 236 g/mol. The lowest BCUT2D eigenvalue weighted by atomic mass is 9.79. The van der Waals surface area contributed by atoms with Crippen LogP contribution in [0.2, 0.25) is 0 Å². The van der Waals surface area contributed by atoms with Gasteiger partial charge in [0.05, 0.1) is 5.60 Å². The van der Waals surface area contributed by atoms with E-state index in [0.717, 1.165) is 38.9 Å². The Morgan fingerprint density at radius 1 is 1.37 bits per heavy atom. The zero-order chi connectivity index (χ0) is 13.7. The summed E-state index contributed by atoms with van der Waals surface area (Å²) in [5.74, 6) is 0.306. The summed E-state index contributed by atoms with van der Waals surface area (Å²) in [4.78, 5) is 2.44. The highest BCUT2D eigenvalue weighted by Crippen LogP contribution is 2.29. The molecule has 1 fully saturated rings. The lowest BCUT2D eigenvalue weighted by molar-refractivity contribution is -0.0445. The molecule has 3 nitrogen and oxygen atoms in total. The van der Waals surface area contributed by atoms with E-state index in [2.05, 4.69) is 29.2 Å². The molecule has 0 amide bonds. The maximum Gasteiger partial charge on any atom is 0.0806 e. The van der Waals surface area contributed by atoms with E-state index in [9.17, 15) is 5.11 Å². The Bertz CT molecular complexity index is 376. The monoisotopic (exact) mass is 262 g/mol. The van der Waals surface area contributed by atoms with E-state index < -0.39 is 5.60 Å². The van der Waals surface area contributed by atoms with Crippen LogP contribution in [0.15, 0.2) is 30.3 Å². The van der Waals surface area contributed by atoms with Crippen molar-refractivity contribution < 1.29 is 5.11 Å². The molecule has 0 aromatic heterocycles. The van der Waals surface area contributed by atoms with Crippen molar-refractivity contribution in [1.29, 1.82) is 0 Å². The fourth-order valence-electron chi connectivity index (χ4n) is 3.08. The molecule has 3 N–H and O–H groups in total. The first kappa shape index (κ1) is 14.5. The van der Waals surface area contributed by atoms with Crippen LogP contribution in [-0.2, 0) is 6.54 Å². The molecule has 0 aliphatic carbocycles. The van der Waals surface area contributed by atoms with Gasteiger partial charge >= 0.3 is 0 Å². The molecule has 1 aliphatic rings. The molecule has 1 heterocycles. The number of likely N-dealkylation sites (tertiary alicyclic amines) is 1. The summed E-state index contributed by atoms with van der Waals surface area (Å²) in [6.45, 7) is 5.45. The lowest BCUT2D eigenvalue weighted by Crippen LogP contribution is -2.51. The largest absolute Gasteiger partial charge is 0.388 e. The predicted molar refractivity (Wildman–Crippen MR) is 78.7 cm³/mol. The molecule has 0 saturated carbocycles. The van der Waals surface area contributed by atoms with E-state index in [1.807, 2.05) is 13.0 Å². The Morgan fingerprint density at radius 2 is 2.11 bits per heavy atom. The van der Waals surface area contributed by atoms with Gasteiger partial charge in [0.2, 0.25) is 0 Å². The van der Waals surface area contributed by atoms with Gasteiger partial charge in [0.25, 0.3) is 0 Å². The molecule has 19 heavy (non-hydrogen) atoms. The fraction of sp³-hybridized carbons (Fsp3) is 0.625. The van der Waals surface area contributed by atoms with Gasteiger partial charge in [-0.15, -0.1) is 0 Å². The zero-order valence-electron chi connectivity index (χ0n) is 11.9. The highest BCUT2D eigenvalue weighted by Gasteiger charge is 2.36. The van der Waals surface area contributed by atoms with Crippen LogP contribution in [0.4, 0.5) is 0 Å². The van der Waals surface area contributed by atoms with Gasteiger partial charge < -0.3 is 10.8 Å². The van der Waals surface area contributed by atoms with Gasteiger partial charge in [-0.2, -0.15) is 0 Å². The Hall–Kier alpha value is -0.900. The number of piperidine rings is 1. The maximum absolute atomic E-state index is 10.6. The summed E-state index contributed by atoms with van der Waals surface area (Å²) in [7, 11) is 0. The molecule has 0 spiro atoms. The molecule has 2 atom stereocenters. The quantitative estimate of drug-likeness (QED) is 0.853. The van der Waals surface area contributed by atoms with E-state index >= 15 is 0 Å². The number of hydrogen-bond acceptors (Lipinski definition) is 3. The Labute approximate surface area is 116 Å². The first-order chi connectivity index (χ1) is 9.18.